The maximum atomic E-state index is 10.6. The third kappa shape index (κ3) is 2.07. The van der Waals surface area contributed by atoms with Crippen LogP contribution in [0.4, 0.5) is 0 Å². The molecule has 2 fully saturated rings. The fraction of sp³-hybridized carbons (Fsp3) is 0.900. The van der Waals surface area contributed by atoms with Crippen molar-refractivity contribution in [3.05, 3.63) is 0 Å². The first-order chi connectivity index (χ1) is 6.65. The predicted octanol–water partition coefficient (Wildman–Crippen LogP) is 0.759. The van der Waals surface area contributed by atoms with Crippen LogP contribution in [0.15, 0.2) is 0 Å². The summed E-state index contributed by atoms with van der Waals surface area (Å²) >= 11 is 0. The van der Waals surface area contributed by atoms with Crippen molar-refractivity contribution in [3.63, 3.8) is 0 Å². The van der Waals surface area contributed by atoms with Crippen LogP contribution in [-0.2, 0) is 9.53 Å². The van der Waals surface area contributed by atoms with Crippen LogP contribution < -0.4 is 5.32 Å². The van der Waals surface area contributed by atoms with E-state index in [1.807, 2.05) is 0 Å². The molecule has 2 N–H and O–H groups in total. The minimum atomic E-state index is -0.865. The molecule has 0 aromatic carbocycles. The Labute approximate surface area is 83.6 Å². The number of carboxylic acids is 1. The number of carboxylic acid groups (broad SMARTS) is 1. The van der Waals surface area contributed by atoms with Crippen molar-refractivity contribution < 1.29 is 14.6 Å². The molecule has 2 heterocycles. The number of nitrogens with one attached hydrogen (secondary N) is 1. The van der Waals surface area contributed by atoms with Gasteiger partial charge in [-0.25, -0.2) is 4.79 Å². The number of fused-ring (bicyclic) bond motifs is 2. The van der Waals surface area contributed by atoms with E-state index in [-0.39, 0.29) is 6.10 Å². The van der Waals surface area contributed by atoms with Gasteiger partial charge < -0.3 is 15.2 Å². The molecule has 4 nitrogen and oxygen atoms in total. The molecule has 0 aliphatic carbocycles. The summed E-state index contributed by atoms with van der Waals surface area (Å²) in [5.41, 5.74) is 0. The molecule has 14 heavy (non-hydrogen) atoms. The lowest BCUT2D eigenvalue weighted by atomic mass is 10.0. The first-order valence-corrected chi connectivity index (χ1v) is 5.29. The molecule has 0 saturated carbocycles. The number of carbonyl (C=O) groups is 1. The number of ether oxygens (including phenoxy) is 1. The van der Waals surface area contributed by atoms with E-state index in [0.717, 1.165) is 12.8 Å². The molecule has 3 atom stereocenters. The van der Waals surface area contributed by atoms with Gasteiger partial charge in [0.25, 0.3) is 0 Å². The van der Waals surface area contributed by atoms with Gasteiger partial charge >= 0.3 is 5.97 Å². The highest BCUT2D eigenvalue weighted by Crippen LogP contribution is 2.28. The molecule has 2 saturated heterocycles. The zero-order chi connectivity index (χ0) is 10.1. The van der Waals surface area contributed by atoms with Crippen LogP contribution in [0.25, 0.3) is 0 Å². The van der Waals surface area contributed by atoms with Gasteiger partial charge in [0.15, 0.2) is 6.10 Å². The summed E-state index contributed by atoms with van der Waals surface area (Å²) < 4.78 is 5.49. The number of piperidine rings is 1. The fourth-order valence-corrected chi connectivity index (χ4v) is 2.46. The van der Waals surface area contributed by atoms with E-state index in [9.17, 15) is 4.79 Å². The third-order valence-electron chi connectivity index (χ3n) is 3.17. The topological polar surface area (TPSA) is 58.6 Å². The molecule has 4 heteroatoms. The molecule has 2 aliphatic rings. The lowest BCUT2D eigenvalue weighted by Crippen LogP contribution is -2.43. The minimum absolute atomic E-state index is 0.139. The van der Waals surface area contributed by atoms with Crippen molar-refractivity contribution in [1.82, 2.24) is 5.32 Å². The van der Waals surface area contributed by atoms with Crippen LogP contribution in [0.1, 0.15) is 32.6 Å². The van der Waals surface area contributed by atoms with Gasteiger partial charge in [-0.05, 0) is 32.6 Å². The van der Waals surface area contributed by atoms with Crippen LogP contribution in [0, 0.1) is 0 Å². The van der Waals surface area contributed by atoms with Crippen molar-refractivity contribution in [2.24, 2.45) is 0 Å². The molecule has 2 aliphatic heterocycles. The fourth-order valence-electron chi connectivity index (χ4n) is 2.46. The second-order valence-electron chi connectivity index (χ2n) is 4.35. The van der Waals surface area contributed by atoms with E-state index in [1.54, 1.807) is 6.92 Å². The quantitative estimate of drug-likeness (QED) is 0.704. The average Bonchev–Trinajstić information content (AvgIpc) is 2.45. The van der Waals surface area contributed by atoms with Gasteiger partial charge in [-0.3, -0.25) is 0 Å². The molecule has 0 amide bonds. The first-order valence-electron chi connectivity index (χ1n) is 5.29. The molecule has 2 bridgehead atoms. The highest BCUT2D eigenvalue weighted by Gasteiger charge is 2.35. The maximum absolute atomic E-state index is 10.6. The highest BCUT2D eigenvalue weighted by molar-refractivity contribution is 5.71. The lowest BCUT2D eigenvalue weighted by Gasteiger charge is -2.30. The van der Waals surface area contributed by atoms with Gasteiger partial charge in [-0.1, -0.05) is 0 Å². The number of rotatable bonds is 3. The van der Waals surface area contributed by atoms with Crippen molar-refractivity contribution in [2.45, 2.75) is 56.9 Å². The van der Waals surface area contributed by atoms with Gasteiger partial charge in [0.05, 0.1) is 6.10 Å². The Kier molecular flexibility index (Phi) is 2.74. The van der Waals surface area contributed by atoms with Crippen LogP contribution in [0.3, 0.4) is 0 Å². The van der Waals surface area contributed by atoms with E-state index < -0.39 is 12.1 Å². The molecule has 0 aromatic heterocycles. The summed E-state index contributed by atoms with van der Waals surface area (Å²) in [4.78, 5) is 10.6. The van der Waals surface area contributed by atoms with E-state index in [2.05, 4.69) is 5.32 Å². The maximum Gasteiger partial charge on any atom is 0.332 e. The van der Waals surface area contributed by atoms with Gasteiger partial charge in [-0.15, -0.1) is 0 Å². The van der Waals surface area contributed by atoms with E-state index >= 15 is 0 Å². The zero-order valence-corrected chi connectivity index (χ0v) is 8.40. The summed E-state index contributed by atoms with van der Waals surface area (Å²) in [6.07, 6.45) is 3.83. The number of aliphatic carboxylic acids is 1. The molecule has 0 spiro atoms. The number of hydrogen-bond donors (Lipinski definition) is 2. The van der Waals surface area contributed by atoms with Gasteiger partial charge in [0.2, 0.25) is 0 Å². The minimum Gasteiger partial charge on any atom is -0.479 e. The summed E-state index contributed by atoms with van der Waals surface area (Å²) in [5.74, 6) is -0.865. The van der Waals surface area contributed by atoms with E-state index in [4.69, 9.17) is 9.84 Å². The summed E-state index contributed by atoms with van der Waals surface area (Å²) in [7, 11) is 0. The van der Waals surface area contributed by atoms with Gasteiger partial charge in [0, 0.05) is 12.1 Å². The van der Waals surface area contributed by atoms with E-state index in [1.165, 1.54) is 12.8 Å². The number of hydrogen-bond acceptors (Lipinski definition) is 3. The Morgan fingerprint density at radius 1 is 1.43 bits per heavy atom. The van der Waals surface area contributed by atoms with Crippen molar-refractivity contribution in [3.8, 4) is 0 Å². The predicted molar refractivity (Wildman–Crippen MR) is 51.2 cm³/mol. The molecule has 3 unspecified atom stereocenters. The molecule has 80 valence electrons. The first kappa shape index (κ1) is 9.93. The van der Waals surface area contributed by atoms with Crippen molar-refractivity contribution in [1.29, 1.82) is 0 Å². The van der Waals surface area contributed by atoms with Crippen LogP contribution in [0.5, 0.6) is 0 Å². The second kappa shape index (κ2) is 3.87. The normalized spacial score (nSPS) is 38.2. The van der Waals surface area contributed by atoms with Crippen LogP contribution >= 0.6 is 0 Å². The zero-order valence-electron chi connectivity index (χ0n) is 8.40. The largest absolute Gasteiger partial charge is 0.479 e. The standard InChI is InChI=1S/C10H17NO3/c1-6(10(12)13)14-9-4-7-2-3-8(5-9)11-7/h6-9,11H,2-5H2,1H3,(H,12,13). The molecule has 0 radical (unpaired) electrons. The van der Waals surface area contributed by atoms with E-state index in [0.29, 0.717) is 12.1 Å². The van der Waals surface area contributed by atoms with Gasteiger partial charge in [-0.2, -0.15) is 0 Å². The summed E-state index contributed by atoms with van der Waals surface area (Å²) in [6.45, 7) is 1.60. The Morgan fingerprint density at radius 2 is 2.00 bits per heavy atom. The molecular formula is C10H17NO3. The Balaban J connectivity index is 1.84. The van der Waals surface area contributed by atoms with Crippen molar-refractivity contribution in [2.75, 3.05) is 0 Å². The Bertz CT molecular complexity index is 219. The molecule has 0 aromatic rings. The Morgan fingerprint density at radius 3 is 2.50 bits per heavy atom. The SMILES string of the molecule is CC(OC1CC2CCC(C1)N2)C(=O)O. The molecular weight excluding hydrogens is 182 g/mol. The van der Waals surface area contributed by atoms with Gasteiger partial charge in [0.1, 0.15) is 0 Å². The summed E-state index contributed by atoms with van der Waals surface area (Å²) in [6, 6.07) is 1.11. The lowest BCUT2D eigenvalue weighted by molar-refractivity contribution is -0.154. The van der Waals surface area contributed by atoms with Crippen molar-refractivity contribution >= 4 is 5.97 Å². The third-order valence-corrected chi connectivity index (χ3v) is 3.17. The Hall–Kier alpha value is -0.610. The monoisotopic (exact) mass is 199 g/mol. The van der Waals surface area contributed by atoms with Crippen LogP contribution in [0.2, 0.25) is 0 Å². The smallest absolute Gasteiger partial charge is 0.332 e. The highest BCUT2D eigenvalue weighted by atomic mass is 16.5. The molecule has 2 rings (SSSR count). The van der Waals surface area contributed by atoms with Crippen LogP contribution in [-0.4, -0.2) is 35.4 Å². The summed E-state index contributed by atoms with van der Waals surface area (Å²) in [5, 5.41) is 12.2. The second-order valence-corrected chi connectivity index (χ2v) is 4.35. The average molecular weight is 199 g/mol.